The molecular formula is C22H20ClFN2O4S. The molecule has 2 N–H and O–H groups in total. The van der Waals surface area contributed by atoms with Gasteiger partial charge in [0, 0.05) is 11.4 Å². The molecule has 0 heterocycles. The summed E-state index contributed by atoms with van der Waals surface area (Å²) in [5, 5.41) is 2.82. The number of benzene rings is 3. The molecule has 162 valence electrons. The molecule has 0 radical (unpaired) electrons. The summed E-state index contributed by atoms with van der Waals surface area (Å²) in [7, 11) is -3.94. The molecule has 0 bridgehead atoms. The van der Waals surface area contributed by atoms with E-state index in [1.54, 1.807) is 0 Å². The lowest BCUT2D eigenvalue weighted by molar-refractivity contribution is -0.118. The Labute approximate surface area is 185 Å². The van der Waals surface area contributed by atoms with Gasteiger partial charge in [-0.1, -0.05) is 29.8 Å². The maximum atomic E-state index is 13.0. The van der Waals surface area contributed by atoms with E-state index in [9.17, 15) is 17.6 Å². The first-order chi connectivity index (χ1) is 14.7. The number of amides is 1. The van der Waals surface area contributed by atoms with Crippen molar-refractivity contribution in [3.8, 4) is 5.75 Å². The largest absolute Gasteiger partial charge is 0.482 e. The van der Waals surface area contributed by atoms with E-state index in [1.165, 1.54) is 30.3 Å². The zero-order valence-corrected chi connectivity index (χ0v) is 18.4. The summed E-state index contributed by atoms with van der Waals surface area (Å²) < 4.78 is 45.8. The third kappa shape index (κ3) is 5.74. The highest BCUT2D eigenvalue weighted by Crippen LogP contribution is 2.28. The zero-order chi connectivity index (χ0) is 22.6. The molecule has 0 saturated heterocycles. The number of nitrogens with one attached hydrogen (secondary N) is 2. The Hall–Kier alpha value is -3.10. The molecule has 0 unspecified atom stereocenters. The molecule has 3 aromatic carbocycles. The van der Waals surface area contributed by atoms with E-state index in [4.69, 9.17) is 16.3 Å². The van der Waals surface area contributed by atoms with Crippen molar-refractivity contribution in [2.75, 3.05) is 16.6 Å². The Balaban J connectivity index is 1.66. The van der Waals surface area contributed by atoms with Crippen LogP contribution in [0.2, 0.25) is 5.02 Å². The number of halogens is 2. The minimum absolute atomic E-state index is 0.0295. The number of rotatable bonds is 7. The molecule has 31 heavy (non-hydrogen) atoms. The lowest BCUT2D eigenvalue weighted by Crippen LogP contribution is -2.21. The number of para-hydroxylation sites is 1. The summed E-state index contributed by atoms with van der Waals surface area (Å²) in [5.74, 6) is -0.684. The van der Waals surface area contributed by atoms with Gasteiger partial charge in [0.05, 0.1) is 9.92 Å². The van der Waals surface area contributed by atoms with E-state index in [1.807, 2.05) is 32.0 Å². The molecule has 3 aromatic rings. The van der Waals surface area contributed by atoms with Crippen molar-refractivity contribution < 1.29 is 22.3 Å². The van der Waals surface area contributed by atoms with Crippen molar-refractivity contribution in [3.05, 3.63) is 82.6 Å². The third-order valence-corrected chi connectivity index (χ3v) is 6.09. The summed E-state index contributed by atoms with van der Waals surface area (Å²) in [6.07, 6.45) is 0. The maximum Gasteiger partial charge on any atom is 0.262 e. The first-order valence-electron chi connectivity index (χ1n) is 9.22. The average Bonchev–Trinajstić information content (AvgIpc) is 2.71. The van der Waals surface area contributed by atoms with Crippen LogP contribution >= 0.6 is 11.6 Å². The number of carbonyl (C=O) groups is 1. The normalized spacial score (nSPS) is 11.1. The van der Waals surface area contributed by atoms with E-state index in [0.29, 0.717) is 0 Å². The van der Waals surface area contributed by atoms with Crippen molar-refractivity contribution in [1.82, 2.24) is 0 Å². The van der Waals surface area contributed by atoms with Gasteiger partial charge in [-0.25, -0.2) is 12.8 Å². The van der Waals surface area contributed by atoms with E-state index >= 15 is 0 Å². The number of ether oxygens (including phenoxy) is 1. The Bertz CT molecular complexity index is 1190. The molecule has 0 fully saturated rings. The fourth-order valence-corrected chi connectivity index (χ4v) is 4.21. The molecule has 0 spiro atoms. The molecule has 0 aliphatic rings. The van der Waals surface area contributed by atoms with Crippen LogP contribution in [0, 0.1) is 19.7 Å². The second kappa shape index (κ2) is 9.36. The fourth-order valence-electron chi connectivity index (χ4n) is 2.83. The van der Waals surface area contributed by atoms with Crippen molar-refractivity contribution >= 4 is 38.9 Å². The number of carbonyl (C=O) groups excluding carboxylic acids is 1. The van der Waals surface area contributed by atoms with Crippen LogP contribution in [-0.4, -0.2) is 20.9 Å². The number of hydrogen-bond acceptors (Lipinski definition) is 4. The van der Waals surface area contributed by atoms with E-state index in [2.05, 4.69) is 10.0 Å². The predicted octanol–water partition coefficient (Wildman–Crippen LogP) is 4.91. The van der Waals surface area contributed by atoms with E-state index < -0.39 is 15.8 Å². The van der Waals surface area contributed by atoms with Crippen LogP contribution in [-0.2, 0) is 14.8 Å². The van der Waals surface area contributed by atoms with Gasteiger partial charge in [0.15, 0.2) is 6.61 Å². The molecule has 3 rings (SSSR count). The molecule has 1 amide bonds. The predicted molar refractivity (Wildman–Crippen MR) is 119 cm³/mol. The molecule has 0 saturated carbocycles. The summed E-state index contributed by atoms with van der Waals surface area (Å²) in [6.45, 7) is 3.48. The molecule has 0 aromatic heterocycles. The van der Waals surface area contributed by atoms with Crippen LogP contribution < -0.4 is 14.8 Å². The molecule has 0 aliphatic carbocycles. The quantitative estimate of drug-likeness (QED) is 0.522. The zero-order valence-electron chi connectivity index (χ0n) is 16.8. The van der Waals surface area contributed by atoms with Gasteiger partial charge in [-0.2, -0.15) is 0 Å². The van der Waals surface area contributed by atoms with Crippen LogP contribution in [0.3, 0.4) is 0 Å². The van der Waals surface area contributed by atoms with Gasteiger partial charge in [0.1, 0.15) is 11.6 Å². The Morgan fingerprint density at radius 2 is 1.68 bits per heavy atom. The number of aryl methyl sites for hydroxylation is 2. The first-order valence-corrected chi connectivity index (χ1v) is 11.1. The van der Waals surface area contributed by atoms with Crippen LogP contribution in [0.15, 0.2) is 65.6 Å². The Kier molecular flexibility index (Phi) is 6.82. The monoisotopic (exact) mass is 462 g/mol. The SMILES string of the molecule is Cc1cccc(C)c1NC(=O)COc1ccc(S(=O)(=O)Nc2ccc(F)cc2)cc1Cl. The van der Waals surface area contributed by atoms with Gasteiger partial charge < -0.3 is 10.1 Å². The summed E-state index contributed by atoms with van der Waals surface area (Å²) in [6, 6.07) is 14.5. The second-order valence-electron chi connectivity index (χ2n) is 6.81. The Morgan fingerprint density at radius 1 is 1.03 bits per heavy atom. The van der Waals surface area contributed by atoms with Crippen LogP contribution in [0.4, 0.5) is 15.8 Å². The minimum atomic E-state index is -3.94. The van der Waals surface area contributed by atoms with Gasteiger partial charge in [-0.05, 0) is 67.4 Å². The maximum absolute atomic E-state index is 13.0. The van der Waals surface area contributed by atoms with Crippen molar-refractivity contribution in [2.24, 2.45) is 0 Å². The van der Waals surface area contributed by atoms with E-state index in [0.717, 1.165) is 28.9 Å². The molecular weight excluding hydrogens is 443 g/mol. The van der Waals surface area contributed by atoms with Crippen molar-refractivity contribution in [2.45, 2.75) is 18.7 Å². The number of sulfonamides is 1. The number of hydrogen-bond donors (Lipinski definition) is 2. The molecule has 6 nitrogen and oxygen atoms in total. The van der Waals surface area contributed by atoms with Gasteiger partial charge in [-0.15, -0.1) is 0 Å². The first kappa shape index (κ1) is 22.6. The van der Waals surface area contributed by atoms with Crippen LogP contribution in [0.25, 0.3) is 0 Å². The van der Waals surface area contributed by atoms with Gasteiger partial charge in [-0.3, -0.25) is 9.52 Å². The lowest BCUT2D eigenvalue weighted by atomic mass is 10.1. The average molecular weight is 463 g/mol. The van der Waals surface area contributed by atoms with Gasteiger partial charge in [0.25, 0.3) is 15.9 Å². The smallest absolute Gasteiger partial charge is 0.262 e. The van der Waals surface area contributed by atoms with Crippen molar-refractivity contribution in [3.63, 3.8) is 0 Å². The standard InChI is InChI=1S/C22H20ClFN2O4S/c1-14-4-3-5-15(2)22(14)25-21(27)13-30-20-11-10-18(12-19(20)23)31(28,29)26-17-8-6-16(24)7-9-17/h3-12,26H,13H2,1-2H3,(H,25,27). The molecule has 0 atom stereocenters. The second-order valence-corrected chi connectivity index (χ2v) is 8.90. The number of anilines is 2. The highest BCUT2D eigenvalue weighted by atomic mass is 35.5. The van der Waals surface area contributed by atoms with Crippen LogP contribution in [0.1, 0.15) is 11.1 Å². The van der Waals surface area contributed by atoms with Gasteiger partial charge >= 0.3 is 0 Å². The highest BCUT2D eigenvalue weighted by Gasteiger charge is 2.17. The van der Waals surface area contributed by atoms with E-state index in [-0.39, 0.29) is 33.9 Å². The summed E-state index contributed by atoms with van der Waals surface area (Å²) in [4.78, 5) is 12.1. The Morgan fingerprint density at radius 3 is 2.29 bits per heavy atom. The lowest BCUT2D eigenvalue weighted by Gasteiger charge is -2.13. The highest BCUT2D eigenvalue weighted by molar-refractivity contribution is 7.92. The molecule has 0 aliphatic heterocycles. The van der Waals surface area contributed by atoms with Gasteiger partial charge in [0.2, 0.25) is 0 Å². The summed E-state index contributed by atoms with van der Waals surface area (Å²) in [5.41, 5.74) is 2.78. The molecule has 9 heteroatoms. The summed E-state index contributed by atoms with van der Waals surface area (Å²) >= 11 is 6.15. The third-order valence-electron chi connectivity index (χ3n) is 4.41. The minimum Gasteiger partial charge on any atom is -0.482 e. The van der Waals surface area contributed by atoms with Crippen molar-refractivity contribution in [1.29, 1.82) is 0 Å². The topological polar surface area (TPSA) is 84.5 Å². The fraction of sp³-hybridized carbons (Fsp3) is 0.136. The van der Waals surface area contributed by atoms with Crippen LogP contribution in [0.5, 0.6) is 5.75 Å².